The van der Waals surface area contributed by atoms with Gasteiger partial charge in [-0.25, -0.2) is 24.4 Å². The van der Waals surface area contributed by atoms with E-state index in [0.29, 0.717) is 22.8 Å². The first-order valence-corrected chi connectivity index (χ1v) is 8.70. The SMILES string of the molecule is O=c1c2cc(C#CCC3C=NNN3)ccc2cnn1Cc1cc(F)c(O)c(F)c1. The van der Waals surface area contributed by atoms with E-state index >= 15 is 0 Å². The number of benzene rings is 2. The van der Waals surface area contributed by atoms with Crippen molar-refractivity contribution in [3.05, 3.63) is 69.6 Å². The summed E-state index contributed by atoms with van der Waals surface area (Å²) in [5, 5.41) is 18.1. The van der Waals surface area contributed by atoms with E-state index in [1.165, 1.54) is 6.20 Å². The average molecular weight is 395 g/mol. The first kappa shape index (κ1) is 18.6. The Morgan fingerprint density at radius 1 is 1.21 bits per heavy atom. The minimum absolute atomic E-state index is 0.0236. The van der Waals surface area contributed by atoms with Crippen molar-refractivity contribution < 1.29 is 13.9 Å². The van der Waals surface area contributed by atoms with Gasteiger partial charge in [0, 0.05) is 23.6 Å². The van der Waals surface area contributed by atoms with Gasteiger partial charge in [0.05, 0.1) is 24.2 Å². The molecule has 1 aliphatic heterocycles. The van der Waals surface area contributed by atoms with Crippen LogP contribution in [0.25, 0.3) is 10.8 Å². The van der Waals surface area contributed by atoms with Crippen LogP contribution in [0.1, 0.15) is 17.5 Å². The van der Waals surface area contributed by atoms with E-state index in [4.69, 9.17) is 0 Å². The van der Waals surface area contributed by atoms with Gasteiger partial charge in [0.1, 0.15) is 0 Å². The molecule has 1 unspecified atom stereocenters. The molecule has 4 rings (SSSR count). The number of hydrogen-bond donors (Lipinski definition) is 3. The van der Waals surface area contributed by atoms with Gasteiger partial charge in [-0.05, 0) is 29.8 Å². The molecule has 1 aromatic heterocycles. The van der Waals surface area contributed by atoms with Gasteiger partial charge in [-0.1, -0.05) is 17.9 Å². The fourth-order valence-electron chi connectivity index (χ4n) is 2.90. The number of aromatic hydroxyl groups is 1. The van der Waals surface area contributed by atoms with E-state index in [2.05, 4.69) is 33.0 Å². The molecular formula is C20H15F2N5O2. The van der Waals surface area contributed by atoms with E-state index in [0.717, 1.165) is 16.8 Å². The lowest BCUT2D eigenvalue weighted by molar-refractivity contribution is 0.395. The van der Waals surface area contributed by atoms with Crippen molar-refractivity contribution in [3.8, 4) is 17.6 Å². The van der Waals surface area contributed by atoms with Crippen LogP contribution in [0.5, 0.6) is 5.75 Å². The van der Waals surface area contributed by atoms with E-state index in [1.807, 2.05) is 0 Å². The number of nitrogens with one attached hydrogen (secondary N) is 2. The Labute approximate surface area is 163 Å². The number of halogens is 2. The fourth-order valence-corrected chi connectivity index (χ4v) is 2.90. The van der Waals surface area contributed by atoms with Crippen molar-refractivity contribution in [1.82, 2.24) is 20.7 Å². The molecular weight excluding hydrogens is 380 g/mol. The molecule has 1 aliphatic rings. The van der Waals surface area contributed by atoms with Crippen molar-refractivity contribution in [2.24, 2.45) is 5.10 Å². The number of phenolic OH excluding ortho intramolecular Hbond substituents is 1. The summed E-state index contributed by atoms with van der Waals surface area (Å²) >= 11 is 0. The van der Waals surface area contributed by atoms with Crippen molar-refractivity contribution >= 4 is 17.0 Å². The monoisotopic (exact) mass is 395 g/mol. The lowest BCUT2D eigenvalue weighted by atomic mass is 10.1. The molecule has 0 radical (unpaired) electrons. The van der Waals surface area contributed by atoms with E-state index in [-0.39, 0.29) is 18.2 Å². The maximum Gasteiger partial charge on any atom is 0.274 e. The fraction of sp³-hybridized carbons (Fsp3) is 0.150. The number of hydrogen-bond acceptors (Lipinski definition) is 6. The zero-order valence-electron chi connectivity index (χ0n) is 15.0. The minimum Gasteiger partial charge on any atom is -0.503 e. The Bertz CT molecular complexity index is 1220. The second kappa shape index (κ2) is 7.69. The molecule has 146 valence electrons. The van der Waals surface area contributed by atoms with Crippen molar-refractivity contribution in [3.63, 3.8) is 0 Å². The van der Waals surface area contributed by atoms with Crippen LogP contribution in [-0.4, -0.2) is 27.1 Å². The summed E-state index contributed by atoms with van der Waals surface area (Å²) in [5.41, 5.74) is 5.97. The third kappa shape index (κ3) is 3.93. The molecule has 3 N–H and O–H groups in total. The van der Waals surface area contributed by atoms with Crippen LogP contribution in [-0.2, 0) is 6.54 Å². The molecule has 0 bridgehead atoms. The highest BCUT2D eigenvalue weighted by Gasteiger charge is 2.12. The first-order valence-electron chi connectivity index (χ1n) is 8.70. The summed E-state index contributed by atoms with van der Waals surface area (Å²) < 4.78 is 28.2. The van der Waals surface area contributed by atoms with Gasteiger partial charge in [0.15, 0.2) is 17.4 Å². The second-order valence-electron chi connectivity index (χ2n) is 6.46. The van der Waals surface area contributed by atoms with Crippen LogP contribution in [0.2, 0.25) is 0 Å². The molecule has 29 heavy (non-hydrogen) atoms. The van der Waals surface area contributed by atoms with Gasteiger partial charge in [0.25, 0.3) is 5.56 Å². The van der Waals surface area contributed by atoms with Gasteiger partial charge < -0.3 is 5.11 Å². The molecule has 0 aliphatic carbocycles. The topological polar surface area (TPSA) is 91.5 Å². The third-order valence-corrected chi connectivity index (χ3v) is 4.39. The average Bonchev–Trinajstić information content (AvgIpc) is 3.22. The highest BCUT2D eigenvalue weighted by atomic mass is 19.1. The molecule has 0 amide bonds. The molecule has 7 nitrogen and oxygen atoms in total. The highest BCUT2D eigenvalue weighted by molar-refractivity contribution is 5.82. The summed E-state index contributed by atoms with van der Waals surface area (Å²) in [6.45, 7) is -0.140. The van der Waals surface area contributed by atoms with Crippen LogP contribution in [0.15, 0.2) is 46.4 Å². The van der Waals surface area contributed by atoms with E-state index in [1.54, 1.807) is 24.4 Å². The predicted octanol–water partition coefficient (Wildman–Crippen LogP) is 1.63. The number of aromatic nitrogens is 2. The van der Waals surface area contributed by atoms with Crippen LogP contribution in [0.4, 0.5) is 8.78 Å². The van der Waals surface area contributed by atoms with Crippen LogP contribution in [0, 0.1) is 23.5 Å². The quantitative estimate of drug-likeness (QED) is 0.587. The normalized spacial score (nSPS) is 15.2. The van der Waals surface area contributed by atoms with Crippen molar-refractivity contribution in [2.45, 2.75) is 19.0 Å². The van der Waals surface area contributed by atoms with Crippen LogP contribution >= 0.6 is 0 Å². The predicted molar refractivity (Wildman–Crippen MR) is 103 cm³/mol. The molecule has 0 spiro atoms. The maximum absolute atomic E-state index is 13.6. The van der Waals surface area contributed by atoms with Gasteiger partial charge in [-0.15, -0.1) is 0 Å². The number of hydrazine groups is 1. The molecule has 1 atom stereocenters. The molecule has 0 fully saturated rings. The van der Waals surface area contributed by atoms with Crippen molar-refractivity contribution in [2.75, 3.05) is 0 Å². The number of hydrazone groups is 1. The number of nitrogens with zero attached hydrogens (tertiary/aromatic N) is 3. The minimum atomic E-state index is -1.09. The van der Waals surface area contributed by atoms with Gasteiger partial charge >= 0.3 is 0 Å². The van der Waals surface area contributed by atoms with E-state index in [9.17, 15) is 18.7 Å². The molecule has 0 saturated heterocycles. The Kier molecular flexibility index (Phi) is 4.93. The zero-order valence-corrected chi connectivity index (χ0v) is 15.0. The standard InChI is InChI=1S/C20H15F2N5O2/c21-17-7-13(8-18(22)19(17)28)11-27-20(29)16-6-12(4-5-14(16)9-24-27)2-1-3-15-10-23-26-25-15/h4-10,15,25-26,28H,3,11H2. The molecule has 0 saturated carbocycles. The van der Waals surface area contributed by atoms with Crippen molar-refractivity contribution in [1.29, 1.82) is 0 Å². The van der Waals surface area contributed by atoms with E-state index < -0.39 is 22.9 Å². The summed E-state index contributed by atoms with van der Waals surface area (Å²) in [5.74, 6) is 2.79. The van der Waals surface area contributed by atoms with Gasteiger partial charge in [-0.2, -0.15) is 10.2 Å². The Hall–Kier alpha value is -3.77. The lowest BCUT2D eigenvalue weighted by Gasteiger charge is -2.08. The highest BCUT2D eigenvalue weighted by Crippen LogP contribution is 2.21. The smallest absolute Gasteiger partial charge is 0.274 e. The number of rotatable bonds is 3. The molecule has 2 heterocycles. The summed E-state index contributed by atoms with van der Waals surface area (Å²) in [6, 6.07) is 7.15. The molecule has 9 heteroatoms. The third-order valence-electron chi connectivity index (χ3n) is 4.39. The lowest BCUT2D eigenvalue weighted by Crippen LogP contribution is -2.31. The molecule has 2 aromatic carbocycles. The first-order chi connectivity index (χ1) is 14.0. The second-order valence-corrected chi connectivity index (χ2v) is 6.46. The van der Waals surface area contributed by atoms with Crippen LogP contribution in [0.3, 0.4) is 0 Å². The summed E-state index contributed by atoms with van der Waals surface area (Å²) in [7, 11) is 0. The maximum atomic E-state index is 13.6. The Balaban J connectivity index is 1.63. The Morgan fingerprint density at radius 3 is 2.72 bits per heavy atom. The largest absolute Gasteiger partial charge is 0.503 e. The Morgan fingerprint density at radius 2 is 2.00 bits per heavy atom. The van der Waals surface area contributed by atoms with Crippen LogP contribution < -0.4 is 16.5 Å². The van der Waals surface area contributed by atoms with Gasteiger partial charge in [-0.3, -0.25) is 4.79 Å². The number of fused-ring (bicyclic) bond motifs is 1. The zero-order chi connectivity index (χ0) is 20.4. The summed E-state index contributed by atoms with van der Waals surface area (Å²) in [4.78, 5) is 12.8. The summed E-state index contributed by atoms with van der Waals surface area (Å²) in [6.07, 6.45) is 3.77. The molecule has 3 aromatic rings. The number of phenols is 1. The van der Waals surface area contributed by atoms with Gasteiger partial charge in [0.2, 0.25) is 0 Å².